The maximum atomic E-state index is 6.79. The fraction of sp³-hybridized carbons (Fsp3) is 0. The molecule has 0 radical (unpaired) electrons. The zero-order chi connectivity index (χ0) is 36.6. The minimum atomic E-state index is 0.693. The van der Waals surface area contributed by atoms with E-state index in [1.54, 1.807) is 6.20 Å². The Labute approximate surface area is 319 Å². The van der Waals surface area contributed by atoms with Crippen LogP contribution in [0.3, 0.4) is 0 Å². The van der Waals surface area contributed by atoms with Gasteiger partial charge in [0.1, 0.15) is 11.2 Å². The lowest BCUT2D eigenvalue weighted by molar-refractivity contribution is 0.671. The molecule has 0 saturated carbocycles. The van der Waals surface area contributed by atoms with Crippen molar-refractivity contribution in [3.63, 3.8) is 0 Å². The number of benzene rings is 7. The second kappa shape index (κ2) is 13.8. The maximum absolute atomic E-state index is 6.79. The molecule has 0 aliphatic carbocycles. The third-order valence-electron chi connectivity index (χ3n) is 10.3. The number of aromatic nitrogens is 3. The summed E-state index contributed by atoms with van der Waals surface area (Å²) in [6, 6.07) is 65.3. The van der Waals surface area contributed by atoms with E-state index in [1.165, 1.54) is 11.1 Å². The summed E-state index contributed by atoms with van der Waals surface area (Å²) in [5.41, 5.74) is 15.4. The van der Waals surface area contributed by atoms with E-state index in [9.17, 15) is 0 Å². The lowest BCUT2D eigenvalue weighted by Crippen LogP contribution is -1.96. The topological polar surface area (TPSA) is 51.8 Å². The first-order valence-electron chi connectivity index (χ1n) is 18.4. The summed E-state index contributed by atoms with van der Waals surface area (Å²) in [5, 5.41) is 2.19. The monoisotopic (exact) mass is 703 g/mol. The van der Waals surface area contributed by atoms with Gasteiger partial charge in [-0.05, 0) is 45.5 Å². The highest BCUT2D eigenvalue weighted by Crippen LogP contribution is 2.40. The minimum Gasteiger partial charge on any atom is -0.455 e. The molecule has 0 saturated heterocycles. The molecule has 0 aliphatic rings. The van der Waals surface area contributed by atoms with Crippen molar-refractivity contribution in [2.45, 2.75) is 0 Å². The molecule has 4 nitrogen and oxygen atoms in total. The van der Waals surface area contributed by atoms with Gasteiger partial charge in [0.25, 0.3) is 0 Å². The highest BCUT2D eigenvalue weighted by atomic mass is 16.3. The van der Waals surface area contributed by atoms with Gasteiger partial charge in [-0.25, -0.2) is 9.97 Å². The van der Waals surface area contributed by atoms with Crippen LogP contribution < -0.4 is 0 Å². The van der Waals surface area contributed by atoms with Crippen LogP contribution in [0.4, 0.5) is 0 Å². The van der Waals surface area contributed by atoms with Gasteiger partial charge >= 0.3 is 0 Å². The van der Waals surface area contributed by atoms with Gasteiger partial charge in [0.2, 0.25) is 0 Å². The van der Waals surface area contributed by atoms with Crippen molar-refractivity contribution < 1.29 is 4.42 Å². The first-order chi connectivity index (χ1) is 27.2. The van der Waals surface area contributed by atoms with Crippen molar-refractivity contribution in [1.29, 1.82) is 0 Å². The molecule has 55 heavy (non-hydrogen) atoms. The Hall–Kier alpha value is -7.43. The molecule has 3 heterocycles. The van der Waals surface area contributed by atoms with Crippen molar-refractivity contribution in [2.75, 3.05) is 0 Å². The summed E-state index contributed by atoms with van der Waals surface area (Å²) in [6.45, 7) is 0. The zero-order valence-electron chi connectivity index (χ0n) is 29.8. The number of nitrogens with zero attached hydrogens (tertiary/aromatic N) is 3. The maximum Gasteiger partial charge on any atom is 0.160 e. The number of furan rings is 1. The molecule has 258 valence electrons. The predicted molar refractivity (Wildman–Crippen MR) is 225 cm³/mol. The molecular formula is C51H33N3O. The SMILES string of the molecule is c1ccc(-c2ccc(-c3cc(-c4ccc(-c5cccc6c5oc5c(-c7ccc(-c8cccnc8)cc7)cccc56)cc4)nc(-c4ccccc4)n3)cc2)cc1. The van der Waals surface area contributed by atoms with E-state index >= 15 is 0 Å². The molecule has 0 bridgehead atoms. The second-order valence-corrected chi connectivity index (χ2v) is 13.6. The van der Waals surface area contributed by atoms with Gasteiger partial charge in [-0.15, -0.1) is 0 Å². The van der Waals surface area contributed by atoms with Gasteiger partial charge in [-0.3, -0.25) is 4.98 Å². The quantitative estimate of drug-likeness (QED) is 0.166. The standard InChI is InChI=1S/C51H33N3O/c1-3-10-34(11-4-1)35-21-27-39(28-22-35)47-32-48(54-51(53-47)41-12-5-2-6-13-41)40-29-25-38(26-30-40)44-16-8-18-46-45-17-7-15-43(49(45)55-50(44)46)37-23-19-36(20-24-37)42-14-9-31-52-33-42/h1-33H. The minimum absolute atomic E-state index is 0.693. The summed E-state index contributed by atoms with van der Waals surface area (Å²) in [7, 11) is 0. The van der Waals surface area contributed by atoms with Gasteiger partial charge in [0.05, 0.1) is 11.4 Å². The summed E-state index contributed by atoms with van der Waals surface area (Å²) < 4.78 is 6.79. The number of para-hydroxylation sites is 2. The van der Waals surface area contributed by atoms with Gasteiger partial charge in [-0.1, -0.05) is 176 Å². The Morgan fingerprint density at radius 1 is 0.327 bits per heavy atom. The van der Waals surface area contributed by atoms with Crippen LogP contribution in [0.25, 0.3) is 100 Å². The molecule has 0 spiro atoms. The number of pyridine rings is 1. The molecule has 10 aromatic rings. The van der Waals surface area contributed by atoms with E-state index < -0.39 is 0 Å². The number of hydrogen-bond acceptors (Lipinski definition) is 4. The van der Waals surface area contributed by atoms with Crippen LogP contribution in [0.1, 0.15) is 0 Å². The molecule has 0 amide bonds. The Bertz CT molecular complexity index is 2920. The van der Waals surface area contributed by atoms with Crippen LogP contribution in [0, 0.1) is 0 Å². The van der Waals surface area contributed by atoms with Gasteiger partial charge in [-0.2, -0.15) is 0 Å². The molecule has 0 N–H and O–H groups in total. The molecule has 10 rings (SSSR count). The highest BCUT2D eigenvalue weighted by molar-refractivity contribution is 6.13. The molecule has 3 aromatic heterocycles. The number of hydrogen-bond donors (Lipinski definition) is 0. The zero-order valence-corrected chi connectivity index (χ0v) is 29.8. The molecular weight excluding hydrogens is 671 g/mol. The van der Waals surface area contributed by atoms with Crippen LogP contribution in [0.2, 0.25) is 0 Å². The first-order valence-corrected chi connectivity index (χ1v) is 18.4. The van der Waals surface area contributed by atoms with Crippen LogP contribution in [-0.4, -0.2) is 15.0 Å². The molecule has 0 fully saturated rings. The van der Waals surface area contributed by atoms with Crippen molar-refractivity contribution >= 4 is 21.9 Å². The molecule has 4 heteroatoms. The largest absolute Gasteiger partial charge is 0.455 e. The van der Waals surface area contributed by atoms with Crippen LogP contribution in [0.15, 0.2) is 205 Å². The van der Waals surface area contributed by atoms with Gasteiger partial charge in [0.15, 0.2) is 5.82 Å². The fourth-order valence-electron chi connectivity index (χ4n) is 7.39. The lowest BCUT2D eigenvalue weighted by Gasteiger charge is -2.11. The Kier molecular flexibility index (Phi) is 8.12. The lowest BCUT2D eigenvalue weighted by atomic mass is 9.98. The molecule has 0 aliphatic heterocycles. The van der Waals surface area contributed by atoms with E-state index in [4.69, 9.17) is 14.4 Å². The van der Waals surface area contributed by atoms with Gasteiger partial charge in [0, 0.05) is 51.0 Å². The van der Waals surface area contributed by atoms with Crippen LogP contribution in [-0.2, 0) is 0 Å². The normalized spacial score (nSPS) is 11.3. The van der Waals surface area contributed by atoms with Crippen molar-refractivity contribution in [2.24, 2.45) is 0 Å². The van der Waals surface area contributed by atoms with Crippen molar-refractivity contribution in [3.8, 4) is 78.4 Å². The number of rotatable bonds is 7. The second-order valence-electron chi connectivity index (χ2n) is 13.6. The van der Waals surface area contributed by atoms with Crippen molar-refractivity contribution in [3.05, 3.63) is 200 Å². The first kappa shape index (κ1) is 32.2. The highest BCUT2D eigenvalue weighted by Gasteiger charge is 2.17. The van der Waals surface area contributed by atoms with Crippen LogP contribution in [0.5, 0.6) is 0 Å². The van der Waals surface area contributed by atoms with E-state index in [0.717, 1.165) is 83.4 Å². The Balaban J connectivity index is 1.01. The van der Waals surface area contributed by atoms with E-state index in [0.29, 0.717) is 5.82 Å². The molecule has 0 atom stereocenters. The Morgan fingerprint density at radius 3 is 1.27 bits per heavy atom. The average Bonchev–Trinajstić information content (AvgIpc) is 3.67. The molecule has 7 aromatic carbocycles. The van der Waals surface area contributed by atoms with E-state index in [-0.39, 0.29) is 0 Å². The average molecular weight is 704 g/mol. The van der Waals surface area contributed by atoms with Gasteiger partial charge < -0.3 is 4.42 Å². The summed E-state index contributed by atoms with van der Waals surface area (Å²) in [6.07, 6.45) is 3.69. The third kappa shape index (κ3) is 6.16. The van der Waals surface area contributed by atoms with Crippen LogP contribution >= 0.6 is 0 Å². The van der Waals surface area contributed by atoms with Crippen molar-refractivity contribution in [1.82, 2.24) is 15.0 Å². The fourth-order valence-corrected chi connectivity index (χ4v) is 7.39. The van der Waals surface area contributed by atoms with E-state index in [1.807, 2.05) is 36.5 Å². The summed E-state index contributed by atoms with van der Waals surface area (Å²) >= 11 is 0. The Morgan fingerprint density at radius 2 is 0.764 bits per heavy atom. The smallest absolute Gasteiger partial charge is 0.160 e. The van der Waals surface area contributed by atoms with E-state index in [2.05, 4.69) is 163 Å². The number of fused-ring (bicyclic) bond motifs is 3. The predicted octanol–water partition coefficient (Wildman–Crippen LogP) is 13.4. The summed E-state index contributed by atoms with van der Waals surface area (Å²) in [4.78, 5) is 14.4. The molecule has 0 unspecified atom stereocenters. The summed E-state index contributed by atoms with van der Waals surface area (Å²) in [5.74, 6) is 0.693. The third-order valence-corrected chi connectivity index (χ3v) is 10.3.